The Hall–Kier alpha value is -0.222. The van der Waals surface area contributed by atoms with Crippen LogP contribution in [-0.4, -0.2) is 15.8 Å². The number of unbranched alkanes of at least 4 members (excludes halogenated alkanes) is 11. The molecule has 0 saturated carbocycles. The van der Waals surface area contributed by atoms with Crippen LogP contribution in [-0.2, 0) is 6.42 Å². The molecule has 0 N–H and O–H groups in total. The molecule has 0 heterocycles. The second-order valence-electron chi connectivity index (χ2n) is 7.23. The van der Waals surface area contributed by atoms with Gasteiger partial charge >= 0.3 is 159 Å². The van der Waals surface area contributed by atoms with E-state index in [9.17, 15) is 0 Å². The summed E-state index contributed by atoms with van der Waals surface area (Å²) < 4.78 is 0. The molecule has 1 aromatic rings. The second-order valence-corrected chi connectivity index (χ2v) is 10.4. The van der Waals surface area contributed by atoms with Crippen LogP contribution in [0.4, 0.5) is 0 Å². The van der Waals surface area contributed by atoms with Gasteiger partial charge in [-0.25, -0.2) is 0 Å². The summed E-state index contributed by atoms with van der Waals surface area (Å²) in [6.45, 7) is 2.30. The van der Waals surface area contributed by atoms with Gasteiger partial charge in [-0.15, -0.1) is 0 Å². The average Bonchev–Trinajstić information content (AvgIpc) is 2.62. The number of benzene rings is 1. The van der Waals surface area contributed by atoms with Crippen molar-refractivity contribution in [1.29, 1.82) is 0 Å². The van der Waals surface area contributed by atoms with Crippen LogP contribution in [0.25, 0.3) is 0 Å². The Morgan fingerprint density at radius 1 is 0.583 bits per heavy atom. The van der Waals surface area contributed by atoms with Crippen molar-refractivity contribution in [3.05, 3.63) is 35.9 Å². The maximum atomic E-state index is 2.30. The van der Waals surface area contributed by atoms with E-state index in [0.717, 1.165) is 0 Å². The fourth-order valence-corrected chi connectivity index (χ4v) is 5.89. The quantitative estimate of drug-likeness (QED) is 0.189. The molecule has 0 radical (unpaired) electrons. The van der Waals surface area contributed by atoms with E-state index < -0.39 is 0 Å². The van der Waals surface area contributed by atoms with Crippen molar-refractivity contribution < 1.29 is 0 Å². The van der Waals surface area contributed by atoms with E-state index in [0.29, 0.717) is 15.8 Å². The first-order valence-electron chi connectivity index (χ1n) is 10.7. The van der Waals surface area contributed by atoms with Crippen molar-refractivity contribution in [2.45, 2.75) is 107 Å². The van der Waals surface area contributed by atoms with E-state index in [1.165, 1.54) is 95.5 Å². The fraction of sp³-hybridized carbons (Fsp3) is 0.739. The SMILES string of the molecule is CCCCCCCCCCCC[AsH]CCCCCc1ccccc1. The van der Waals surface area contributed by atoms with Crippen LogP contribution >= 0.6 is 0 Å². The summed E-state index contributed by atoms with van der Waals surface area (Å²) in [5, 5.41) is 3.17. The summed E-state index contributed by atoms with van der Waals surface area (Å²) in [7, 11) is 0. The Balaban J connectivity index is 1.70. The minimum atomic E-state index is 0.386. The number of rotatable bonds is 17. The van der Waals surface area contributed by atoms with Gasteiger partial charge in [0.25, 0.3) is 0 Å². The first-order valence-corrected chi connectivity index (χ1v) is 13.6. The Morgan fingerprint density at radius 3 is 1.67 bits per heavy atom. The number of hydrogen-bond acceptors (Lipinski definition) is 0. The minimum absolute atomic E-state index is 0.386. The van der Waals surface area contributed by atoms with Crippen LogP contribution in [0, 0.1) is 0 Å². The van der Waals surface area contributed by atoms with Gasteiger partial charge in [0.05, 0.1) is 0 Å². The molecule has 138 valence electrons. The molecule has 0 saturated heterocycles. The second kappa shape index (κ2) is 17.6. The maximum absolute atomic E-state index is 2.30. The molecule has 0 bridgehead atoms. The Morgan fingerprint density at radius 2 is 1.08 bits per heavy atom. The van der Waals surface area contributed by atoms with Gasteiger partial charge in [0.2, 0.25) is 0 Å². The van der Waals surface area contributed by atoms with Gasteiger partial charge in [0.15, 0.2) is 0 Å². The van der Waals surface area contributed by atoms with E-state index in [-0.39, 0.29) is 0 Å². The van der Waals surface area contributed by atoms with Gasteiger partial charge in [-0.05, 0) is 0 Å². The number of hydrogen-bond donors (Lipinski definition) is 0. The van der Waals surface area contributed by atoms with Gasteiger partial charge in [-0.2, -0.15) is 0 Å². The summed E-state index contributed by atoms with van der Waals surface area (Å²) in [6, 6.07) is 11.0. The molecule has 0 aliphatic heterocycles. The van der Waals surface area contributed by atoms with E-state index in [2.05, 4.69) is 37.3 Å². The van der Waals surface area contributed by atoms with Gasteiger partial charge in [0.1, 0.15) is 0 Å². The summed E-state index contributed by atoms with van der Waals surface area (Å²) in [5.41, 5.74) is 1.51. The summed E-state index contributed by atoms with van der Waals surface area (Å²) in [6.07, 6.45) is 20.3. The van der Waals surface area contributed by atoms with Crippen molar-refractivity contribution in [2.75, 3.05) is 0 Å². The third kappa shape index (κ3) is 14.1. The van der Waals surface area contributed by atoms with Crippen molar-refractivity contribution in [3.8, 4) is 0 Å². The molecule has 1 unspecified atom stereocenters. The van der Waals surface area contributed by atoms with Gasteiger partial charge < -0.3 is 0 Å². The third-order valence-corrected chi connectivity index (χ3v) is 7.84. The molecular weight excluding hydrogens is 351 g/mol. The Kier molecular flexibility index (Phi) is 16.0. The van der Waals surface area contributed by atoms with E-state index in [4.69, 9.17) is 0 Å². The van der Waals surface area contributed by atoms with Crippen LogP contribution in [0.15, 0.2) is 30.3 Å². The van der Waals surface area contributed by atoms with Crippen molar-refractivity contribution in [2.24, 2.45) is 0 Å². The van der Waals surface area contributed by atoms with Crippen LogP contribution in [0.3, 0.4) is 0 Å². The van der Waals surface area contributed by atoms with Crippen LogP contribution in [0.5, 0.6) is 0 Å². The van der Waals surface area contributed by atoms with Crippen molar-refractivity contribution in [3.63, 3.8) is 0 Å². The Bertz CT molecular complexity index is 346. The molecule has 0 aromatic heterocycles. The first kappa shape index (κ1) is 21.8. The molecular formula is C23H41As. The molecule has 0 aliphatic rings. The van der Waals surface area contributed by atoms with Crippen molar-refractivity contribution >= 4 is 15.8 Å². The standard InChI is InChI=1S/C23H41As/c1-2-3-4-5-6-7-8-9-10-16-21-24-22-17-12-15-20-23-18-13-11-14-19-23/h11,13-14,18-19,24H,2-10,12,15-17,20-22H2,1H3. The molecule has 1 heteroatoms. The molecule has 0 fully saturated rings. The van der Waals surface area contributed by atoms with Crippen LogP contribution in [0.2, 0.25) is 10.4 Å². The normalized spacial score (nSPS) is 11.5. The van der Waals surface area contributed by atoms with Gasteiger partial charge in [0, 0.05) is 0 Å². The van der Waals surface area contributed by atoms with E-state index in [1.54, 1.807) is 10.4 Å². The topological polar surface area (TPSA) is 0 Å². The Labute approximate surface area is 158 Å². The zero-order chi connectivity index (χ0) is 17.1. The van der Waals surface area contributed by atoms with Crippen molar-refractivity contribution in [1.82, 2.24) is 0 Å². The molecule has 0 spiro atoms. The van der Waals surface area contributed by atoms with Gasteiger partial charge in [-0.3, -0.25) is 0 Å². The molecule has 0 amide bonds. The summed E-state index contributed by atoms with van der Waals surface area (Å²) >= 11 is 0.386. The number of aryl methyl sites for hydroxylation is 1. The molecule has 24 heavy (non-hydrogen) atoms. The predicted molar refractivity (Wildman–Crippen MR) is 113 cm³/mol. The monoisotopic (exact) mass is 392 g/mol. The molecule has 0 nitrogen and oxygen atoms in total. The van der Waals surface area contributed by atoms with Crippen LogP contribution in [0.1, 0.15) is 96.0 Å². The predicted octanol–water partition coefficient (Wildman–Crippen LogP) is 7.59. The molecule has 0 aliphatic carbocycles. The third-order valence-electron chi connectivity index (χ3n) is 4.87. The fourth-order valence-electron chi connectivity index (χ4n) is 3.26. The summed E-state index contributed by atoms with van der Waals surface area (Å²) in [5.74, 6) is 0. The molecule has 1 aromatic carbocycles. The zero-order valence-electron chi connectivity index (χ0n) is 16.2. The van der Waals surface area contributed by atoms with Gasteiger partial charge in [-0.1, -0.05) is 0 Å². The van der Waals surface area contributed by atoms with Crippen LogP contribution < -0.4 is 0 Å². The average molecular weight is 393 g/mol. The van der Waals surface area contributed by atoms with E-state index in [1.807, 2.05) is 0 Å². The molecule has 1 rings (SSSR count). The summed E-state index contributed by atoms with van der Waals surface area (Å²) in [4.78, 5) is 0. The molecule has 1 atom stereocenters. The van der Waals surface area contributed by atoms with E-state index >= 15 is 0 Å². The first-order chi connectivity index (χ1) is 11.9. The zero-order valence-corrected chi connectivity index (χ0v) is 18.3.